The van der Waals surface area contributed by atoms with Crippen molar-refractivity contribution >= 4 is 29.6 Å². The molecule has 0 saturated carbocycles. The fourth-order valence-electron chi connectivity index (χ4n) is 4.24. The zero-order valence-corrected chi connectivity index (χ0v) is 27.1. The second-order valence-corrected chi connectivity index (χ2v) is 11.3. The number of aromatic hydroxyl groups is 1. The SMILES string of the molecule is CCOC(=O)C(CC)CNc1ccc(C[C@H](NC(=O)OC(C)(C)C)C(=O)NCCCCOc2cccc(O)c2C(=O)OC)cc1. The Balaban J connectivity index is 1.95. The highest BCUT2D eigenvalue weighted by Gasteiger charge is 2.25. The van der Waals surface area contributed by atoms with Gasteiger partial charge in [0.25, 0.3) is 0 Å². The molecule has 2 aromatic carbocycles. The van der Waals surface area contributed by atoms with Gasteiger partial charge in [-0.25, -0.2) is 9.59 Å². The molecule has 0 heterocycles. The molecule has 2 amide bonds. The number of benzene rings is 2. The van der Waals surface area contributed by atoms with Gasteiger partial charge >= 0.3 is 18.0 Å². The number of ether oxygens (including phenoxy) is 4. The number of amides is 2. The molecule has 2 aromatic rings. The summed E-state index contributed by atoms with van der Waals surface area (Å²) < 4.78 is 20.9. The first kappa shape index (κ1) is 36.7. The molecule has 0 spiro atoms. The Kier molecular flexibility index (Phi) is 15.0. The van der Waals surface area contributed by atoms with E-state index in [1.807, 2.05) is 31.2 Å². The molecule has 0 aliphatic rings. The molecule has 4 N–H and O–H groups in total. The topological polar surface area (TPSA) is 162 Å². The number of hydrogen-bond donors (Lipinski definition) is 4. The number of carbonyl (C=O) groups excluding carboxylic acids is 4. The van der Waals surface area contributed by atoms with Crippen LogP contribution in [0.1, 0.15) is 69.8 Å². The molecule has 0 fully saturated rings. The minimum Gasteiger partial charge on any atom is -0.507 e. The van der Waals surface area contributed by atoms with Gasteiger partial charge in [-0.3, -0.25) is 9.59 Å². The average molecular weight is 630 g/mol. The molecule has 0 aliphatic carbocycles. The summed E-state index contributed by atoms with van der Waals surface area (Å²) in [5.41, 5.74) is 0.848. The van der Waals surface area contributed by atoms with E-state index in [2.05, 4.69) is 16.0 Å². The molecule has 2 rings (SSSR count). The standard InChI is InChI=1S/C33H47N3O9/c1-7-23(30(39)43-8-2)21-35-24-16-14-22(15-17-24)20-25(36-32(41)45-33(3,4)5)29(38)34-18-9-10-19-44-27-13-11-12-26(37)28(27)31(40)42-6/h11-17,23,25,35,37H,7-10,18-21H2,1-6H3,(H,34,38)(H,36,41)/t23?,25-/m0/s1. The number of phenolic OH excluding ortho intramolecular Hbond substituents is 1. The van der Waals surface area contributed by atoms with Gasteiger partial charge in [-0.2, -0.15) is 0 Å². The average Bonchev–Trinajstić information content (AvgIpc) is 2.98. The van der Waals surface area contributed by atoms with Gasteiger partial charge in [0.15, 0.2) is 0 Å². The number of alkyl carbamates (subject to hydrolysis) is 1. The number of anilines is 1. The molecule has 0 bridgehead atoms. The highest BCUT2D eigenvalue weighted by atomic mass is 16.6. The van der Waals surface area contributed by atoms with Crippen LogP contribution in [0.25, 0.3) is 0 Å². The predicted octanol–water partition coefficient (Wildman–Crippen LogP) is 4.59. The van der Waals surface area contributed by atoms with E-state index in [-0.39, 0.29) is 47.9 Å². The molecule has 0 radical (unpaired) electrons. The number of unbranched alkanes of at least 4 members (excludes halogenated alkanes) is 1. The summed E-state index contributed by atoms with van der Waals surface area (Å²) in [6.45, 7) is 10.3. The quantitative estimate of drug-likeness (QED) is 0.111. The molecule has 0 saturated heterocycles. The normalized spacial score (nSPS) is 12.3. The third kappa shape index (κ3) is 13.0. The molecule has 2 atom stereocenters. The van der Waals surface area contributed by atoms with Crippen LogP contribution in [0.3, 0.4) is 0 Å². The summed E-state index contributed by atoms with van der Waals surface area (Å²) in [7, 11) is 1.22. The van der Waals surface area contributed by atoms with Crippen molar-refractivity contribution in [3.8, 4) is 11.5 Å². The Bertz CT molecular complexity index is 1260. The number of esters is 2. The van der Waals surface area contributed by atoms with E-state index in [1.54, 1.807) is 39.8 Å². The van der Waals surface area contributed by atoms with Crippen molar-refractivity contribution in [2.75, 3.05) is 38.7 Å². The summed E-state index contributed by atoms with van der Waals surface area (Å²) >= 11 is 0. The molecule has 248 valence electrons. The maximum atomic E-state index is 13.1. The van der Waals surface area contributed by atoms with Crippen molar-refractivity contribution in [2.45, 2.75) is 71.9 Å². The molecule has 0 aromatic heterocycles. The Morgan fingerprint density at radius 2 is 1.69 bits per heavy atom. The maximum absolute atomic E-state index is 13.1. The highest BCUT2D eigenvalue weighted by molar-refractivity contribution is 5.95. The minimum absolute atomic E-state index is 0.0463. The van der Waals surface area contributed by atoms with Crippen LogP contribution in [0.2, 0.25) is 0 Å². The monoisotopic (exact) mass is 629 g/mol. The van der Waals surface area contributed by atoms with Crippen molar-refractivity contribution in [3.05, 3.63) is 53.6 Å². The van der Waals surface area contributed by atoms with E-state index >= 15 is 0 Å². The van der Waals surface area contributed by atoms with Crippen LogP contribution in [0.5, 0.6) is 11.5 Å². The van der Waals surface area contributed by atoms with Crippen LogP contribution in [0.4, 0.5) is 10.5 Å². The maximum Gasteiger partial charge on any atom is 0.408 e. The Labute approximate surface area is 265 Å². The van der Waals surface area contributed by atoms with Crippen molar-refractivity contribution in [2.24, 2.45) is 5.92 Å². The predicted molar refractivity (Wildman–Crippen MR) is 169 cm³/mol. The highest BCUT2D eigenvalue weighted by Crippen LogP contribution is 2.28. The number of hydrogen-bond acceptors (Lipinski definition) is 10. The van der Waals surface area contributed by atoms with Crippen LogP contribution >= 0.6 is 0 Å². The smallest absolute Gasteiger partial charge is 0.408 e. The first-order chi connectivity index (χ1) is 21.4. The molecule has 45 heavy (non-hydrogen) atoms. The van der Waals surface area contributed by atoms with Crippen LogP contribution in [0, 0.1) is 5.92 Å². The summed E-state index contributed by atoms with van der Waals surface area (Å²) in [5.74, 6) is -1.60. The Morgan fingerprint density at radius 1 is 0.978 bits per heavy atom. The van der Waals surface area contributed by atoms with Gasteiger partial charge in [-0.15, -0.1) is 0 Å². The number of phenols is 1. The lowest BCUT2D eigenvalue weighted by atomic mass is 10.0. The summed E-state index contributed by atoms with van der Waals surface area (Å²) in [6, 6.07) is 11.0. The first-order valence-electron chi connectivity index (χ1n) is 15.2. The third-order valence-electron chi connectivity index (χ3n) is 6.59. The van der Waals surface area contributed by atoms with Crippen molar-refractivity contribution < 1.29 is 43.2 Å². The third-order valence-corrected chi connectivity index (χ3v) is 6.59. The van der Waals surface area contributed by atoms with Crippen LogP contribution in [0.15, 0.2) is 42.5 Å². The summed E-state index contributed by atoms with van der Waals surface area (Å²) in [6.07, 6.45) is 1.28. The number of rotatable bonds is 17. The molecule has 0 aliphatic heterocycles. The molecule has 12 heteroatoms. The van der Waals surface area contributed by atoms with E-state index in [1.165, 1.54) is 13.2 Å². The van der Waals surface area contributed by atoms with E-state index in [4.69, 9.17) is 18.9 Å². The van der Waals surface area contributed by atoms with Gasteiger partial charge in [-0.05, 0) is 76.8 Å². The van der Waals surface area contributed by atoms with Crippen molar-refractivity contribution in [1.82, 2.24) is 10.6 Å². The first-order valence-corrected chi connectivity index (χ1v) is 15.2. The lowest BCUT2D eigenvalue weighted by Crippen LogP contribution is -2.49. The zero-order valence-electron chi connectivity index (χ0n) is 27.1. The van der Waals surface area contributed by atoms with Crippen LogP contribution in [-0.4, -0.2) is 74.1 Å². The zero-order chi connectivity index (χ0) is 33.4. The second-order valence-electron chi connectivity index (χ2n) is 11.3. The van der Waals surface area contributed by atoms with E-state index in [0.717, 1.165) is 11.3 Å². The molecule has 12 nitrogen and oxygen atoms in total. The largest absolute Gasteiger partial charge is 0.507 e. The number of methoxy groups -OCH3 is 1. The molecular weight excluding hydrogens is 582 g/mol. The van der Waals surface area contributed by atoms with Gasteiger partial charge < -0.3 is 40.0 Å². The van der Waals surface area contributed by atoms with E-state index < -0.39 is 23.7 Å². The van der Waals surface area contributed by atoms with Gasteiger partial charge in [0.1, 0.15) is 28.7 Å². The van der Waals surface area contributed by atoms with Crippen LogP contribution < -0.4 is 20.7 Å². The second kappa shape index (κ2) is 18.4. The van der Waals surface area contributed by atoms with Crippen molar-refractivity contribution in [3.63, 3.8) is 0 Å². The van der Waals surface area contributed by atoms with E-state index in [0.29, 0.717) is 39.0 Å². The fraction of sp³-hybridized carbons (Fsp3) is 0.515. The van der Waals surface area contributed by atoms with E-state index in [9.17, 15) is 24.3 Å². The number of carbonyl (C=O) groups is 4. The summed E-state index contributed by atoms with van der Waals surface area (Å²) in [4.78, 5) is 49.7. The molecule has 1 unspecified atom stereocenters. The number of nitrogens with one attached hydrogen (secondary N) is 3. The lowest BCUT2D eigenvalue weighted by molar-refractivity contribution is -0.147. The molecular formula is C33H47N3O9. The Hall–Kier alpha value is -4.48. The lowest BCUT2D eigenvalue weighted by Gasteiger charge is -2.23. The van der Waals surface area contributed by atoms with Crippen molar-refractivity contribution in [1.29, 1.82) is 0 Å². The summed E-state index contributed by atoms with van der Waals surface area (Å²) in [5, 5.41) is 18.8. The van der Waals surface area contributed by atoms with Gasteiger partial charge in [0, 0.05) is 25.2 Å². The fourth-order valence-corrected chi connectivity index (χ4v) is 4.24. The van der Waals surface area contributed by atoms with Gasteiger partial charge in [-0.1, -0.05) is 25.1 Å². The minimum atomic E-state index is -0.891. The van der Waals surface area contributed by atoms with Crippen LogP contribution in [-0.2, 0) is 30.2 Å². The van der Waals surface area contributed by atoms with Gasteiger partial charge in [0.05, 0.1) is 26.2 Å². The Morgan fingerprint density at radius 3 is 2.31 bits per heavy atom. The van der Waals surface area contributed by atoms with Gasteiger partial charge in [0.2, 0.25) is 5.91 Å².